The van der Waals surface area contributed by atoms with E-state index in [0.29, 0.717) is 37.4 Å². The molecule has 7 heteroatoms. The van der Waals surface area contributed by atoms with Gasteiger partial charge in [0.05, 0.1) is 12.0 Å². The molecule has 2 aromatic carbocycles. The van der Waals surface area contributed by atoms with Gasteiger partial charge < -0.3 is 10.1 Å². The van der Waals surface area contributed by atoms with Crippen molar-refractivity contribution in [3.05, 3.63) is 54.1 Å². The van der Waals surface area contributed by atoms with Crippen molar-refractivity contribution in [3.63, 3.8) is 0 Å². The fourth-order valence-corrected chi connectivity index (χ4v) is 4.18. The van der Waals surface area contributed by atoms with E-state index in [4.69, 9.17) is 4.74 Å². The summed E-state index contributed by atoms with van der Waals surface area (Å²) >= 11 is 0. The van der Waals surface area contributed by atoms with Gasteiger partial charge in [-0.15, -0.1) is 0 Å². The SMILES string of the molecule is CCN(CC)S(=O)(=O)c1ccc(CCC(=O)Nc2cccc(OC)c2)cc1. The molecule has 0 aliphatic carbocycles. The number of carbonyl (C=O) groups is 1. The average molecular weight is 391 g/mol. The Hall–Kier alpha value is -2.38. The van der Waals surface area contributed by atoms with Crippen LogP contribution in [0.2, 0.25) is 0 Å². The molecule has 2 rings (SSSR count). The van der Waals surface area contributed by atoms with E-state index >= 15 is 0 Å². The summed E-state index contributed by atoms with van der Waals surface area (Å²) in [6.07, 6.45) is 0.834. The van der Waals surface area contributed by atoms with Crippen LogP contribution < -0.4 is 10.1 Å². The second kappa shape index (κ2) is 9.53. The molecule has 0 aromatic heterocycles. The first kappa shape index (κ1) is 20.9. The minimum atomic E-state index is -3.45. The van der Waals surface area contributed by atoms with E-state index in [2.05, 4.69) is 5.32 Å². The molecule has 0 aliphatic heterocycles. The Morgan fingerprint density at radius 2 is 1.74 bits per heavy atom. The van der Waals surface area contributed by atoms with Crippen LogP contribution in [0.3, 0.4) is 0 Å². The lowest BCUT2D eigenvalue weighted by atomic mass is 10.1. The fourth-order valence-electron chi connectivity index (χ4n) is 2.72. The number of nitrogens with one attached hydrogen (secondary N) is 1. The third-order valence-corrected chi connectivity index (χ3v) is 6.32. The highest BCUT2D eigenvalue weighted by molar-refractivity contribution is 7.89. The van der Waals surface area contributed by atoms with Gasteiger partial charge in [-0.2, -0.15) is 4.31 Å². The first-order valence-electron chi connectivity index (χ1n) is 8.93. The van der Waals surface area contributed by atoms with Crippen molar-refractivity contribution in [1.29, 1.82) is 0 Å². The predicted octanol–water partition coefficient (Wildman–Crippen LogP) is 3.30. The lowest BCUT2D eigenvalue weighted by molar-refractivity contribution is -0.116. The maximum atomic E-state index is 12.5. The van der Waals surface area contributed by atoms with Crippen molar-refractivity contribution in [2.24, 2.45) is 0 Å². The van der Waals surface area contributed by atoms with E-state index in [1.807, 2.05) is 26.0 Å². The number of sulfonamides is 1. The number of anilines is 1. The fraction of sp³-hybridized carbons (Fsp3) is 0.350. The Morgan fingerprint density at radius 1 is 1.07 bits per heavy atom. The molecule has 0 saturated heterocycles. The summed E-state index contributed by atoms with van der Waals surface area (Å²) in [6, 6.07) is 13.9. The molecule has 27 heavy (non-hydrogen) atoms. The molecule has 6 nitrogen and oxygen atoms in total. The van der Waals surface area contributed by atoms with Gasteiger partial charge in [-0.1, -0.05) is 32.0 Å². The van der Waals surface area contributed by atoms with Gasteiger partial charge >= 0.3 is 0 Å². The number of nitrogens with zero attached hydrogens (tertiary/aromatic N) is 1. The number of rotatable bonds is 9. The maximum absolute atomic E-state index is 12.5. The van der Waals surface area contributed by atoms with Crippen molar-refractivity contribution < 1.29 is 17.9 Å². The summed E-state index contributed by atoms with van der Waals surface area (Å²) in [5.41, 5.74) is 1.59. The topological polar surface area (TPSA) is 75.7 Å². The number of aryl methyl sites for hydroxylation is 1. The second-order valence-electron chi connectivity index (χ2n) is 6.01. The molecule has 1 N–H and O–H groups in total. The molecule has 0 saturated carbocycles. The molecule has 0 atom stereocenters. The molecule has 1 amide bonds. The molecule has 0 unspecified atom stereocenters. The summed E-state index contributed by atoms with van der Waals surface area (Å²) in [5, 5.41) is 2.83. The number of hydrogen-bond acceptors (Lipinski definition) is 4. The Bertz CT molecular complexity index is 860. The third kappa shape index (κ3) is 5.55. The van der Waals surface area contributed by atoms with E-state index in [1.54, 1.807) is 43.5 Å². The molecule has 0 heterocycles. The van der Waals surface area contributed by atoms with Crippen LogP contribution in [-0.4, -0.2) is 38.8 Å². The predicted molar refractivity (Wildman–Crippen MR) is 106 cm³/mol. The summed E-state index contributed by atoms with van der Waals surface area (Å²) in [6.45, 7) is 4.50. The van der Waals surface area contributed by atoms with E-state index < -0.39 is 10.0 Å². The number of benzene rings is 2. The largest absolute Gasteiger partial charge is 0.497 e. The van der Waals surface area contributed by atoms with Gasteiger partial charge in [-0.3, -0.25) is 4.79 Å². The summed E-state index contributed by atoms with van der Waals surface area (Å²) in [5.74, 6) is 0.570. The van der Waals surface area contributed by atoms with Crippen LogP contribution in [-0.2, 0) is 21.2 Å². The van der Waals surface area contributed by atoms with E-state index in [-0.39, 0.29) is 10.8 Å². The smallest absolute Gasteiger partial charge is 0.243 e. The number of carbonyl (C=O) groups excluding carboxylic acids is 1. The molecule has 2 aromatic rings. The first-order chi connectivity index (χ1) is 12.9. The highest BCUT2D eigenvalue weighted by atomic mass is 32.2. The zero-order valence-electron chi connectivity index (χ0n) is 15.9. The minimum absolute atomic E-state index is 0.108. The Labute approximate surface area is 161 Å². The monoisotopic (exact) mass is 390 g/mol. The maximum Gasteiger partial charge on any atom is 0.243 e. The highest BCUT2D eigenvalue weighted by Gasteiger charge is 2.21. The number of amides is 1. The number of methoxy groups -OCH3 is 1. The average Bonchev–Trinajstić information content (AvgIpc) is 2.67. The zero-order chi connectivity index (χ0) is 19.9. The van der Waals surface area contributed by atoms with Crippen LogP contribution in [0.4, 0.5) is 5.69 Å². The van der Waals surface area contributed by atoms with Gasteiger partial charge in [0.1, 0.15) is 5.75 Å². The molecule has 0 spiro atoms. The molecule has 0 aliphatic rings. The van der Waals surface area contributed by atoms with Crippen molar-refractivity contribution in [2.45, 2.75) is 31.6 Å². The Balaban J connectivity index is 1.95. The molecule has 0 fully saturated rings. The standard InChI is InChI=1S/C20H26N2O4S/c1-4-22(5-2)27(24,25)19-12-9-16(10-13-19)11-14-20(23)21-17-7-6-8-18(15-17)26-3/h6-10,12-13,15H,4-5,11,14H2,1-3H3,(H,21,23). The van der Waals surface area contributed by atoms with Gasteiger partial charge in [0, 0.05) is 31.3 Å². The molecular weight excluding hydrogens is 364 g/mol. The van der Waals surface area contributed by atoms with Crippen LogP contribution in [0.15, 0.2) is 53.4 Å². The van der Waals surface area contributed by atoms with E-state index in [0.717, 1.165) is 5.56 Å². The van der Waals surface area contributed by atoms with Crippen LogP contribution in [0, 0.1) is 0 Å². The van der Waals surface area contributed by atoms with Gasteiger partial charge in [0.2, 0.25) is 15.9 Å². The third-order valence-electron chi connectivity index (χ3n) is 4.26. The summed E-state index contributed by atoms with van der Waals surface area (Å²) in [7, 11) is -1.88. The van der Waals surface area contributed by atoms with Crippen molar-refractivity contribution >= 4 is 21.6 Å². The lowest BCUT2D eigenvalue weighted by Crippen LogP contribution is -2.30. The van der Waals surface area contributed by atoms with Crippen molar-refractivity contribution in [2.75, 3.05) is 25.5 Å². The lowest BCUT2D eigenvalue weighted by Gasteiger charge is -2.18. The van der Waals surface area contributed by atoms with E-state index in [1.165, 1.54) is 4.31 Å². The van der Waals surface area contributed by atoms with Gasteiger partial charge in [0.15, 0.2) is 0 Å². The highest BCUT2D eigenvalue weighted by Crippen LogP contribution is 2.18. The van der Waals surface area contributed by atoms with Crippen LogP contribution >= 0.6 is 0 Å². The van der Waals surface area contributed by atoms with Crippen LogP contribution in [0.25, 0.3) is 0 Å². The molecular formula is C20H26N2O4S. The Morgan fingerprint density at radius 3 is 2.33 bits per heavy atom. The van der Waals surface area contributed by atoms with Crippen molar-refractivity contribution in [1.82, 2.24) is 4.31 Å². The Kier molecular flexibility index (Phi) is 7.38. The summed E-state index contributed by atoms with van der Waals surface area (Å²) < 4.78 is 31.5. The zero-order valence-corrected chi connectivity index (χ0v) is 16.8. The minimum Gasteiger partial charge on any atom is -0.497 e. The van der Waals surface area contributed by atoms with Crippen LogP contribution in [0.1, 0.15) is 25.8 Å². The molecule has 0 radical (unpaired) electrons. The van der Waals surface area contributed by atoms with Gasteiger partial charge in [0.25, 0.3) is 0 Å². The number of hydrogen-bond donors (Lipinski definition) is 1. The van der Waals surface area contributed by atoms with Crippen LogP contribution in [0.5, 0.6) is 5.75 Å². The number of ether oxygens (including phenoxy) is 1. The second-order valence-corrected chi connectivity index (χ2v) is 7.95. The first-order valence-corrected chi connectivity index (χ1v) is 10.4. The normalized spacial score (nSPS) is 11.4. The van der Waals surface area contributed by atoms with Crippen molar-refractivity contribution in [3.8, 4) is 5.75 Å². The van der Waals surface area contributed by atoms with E-state index in [9.17, 15) is 13.2 Å². The molecule has 146 valence electrons. The summed E-state index contributed by atoms with van der Waals surface area (Å²) in [4.78, 5) is 12.4. The van der Waals surface area contributed by atoms with Gasteiger partial charge in [-0.05, 0) is 36.2 Å². The quantitative estimate of drug-likeness (QED) is 0.713. The molecule has 0 bridgehead atoms. The van der Waals surface area contributed by atoms with Gasteiger partial charge in [-0.25, -0.2) is 8.42 Å².